The Balaban J connectivity index is 2.44. The van der Waals surface area contributed by atoms with Crippen molar-refractivity contribution in [3.8, 4) is 5.88 Å². The van der Waals surface area contributed by atoms with Crippen molar-refractivity contribution in [3.63, 3.8) is 0 Å². The topological polar surface area (TPSA) is 52.5 Å². The van der Waals surface area contributed by atoms with Gasteiger partial charge in [-0.15, -0.1) is 0 Å². The van der Waals surface area contributed by atoms with E-state index in [2.05, 4.69) is 21.9 Å². The van der Waals surface area contributed by atoms with Crippen molar-refractivity contribution in [2.75, 3.05) is 32.6 Å². The molecule has 0 unspecified atom stereocenters. The van der Waals surface area contributed by atoms with Gasteiger partial charge in [0.25, 0.3) is 0 Å². The maximum atomic E-state index is 9.78. The molecule has 0 bridgehead atoms. The van der Waals surface area contributed by atoms with E-state index in [0.717, 1.165) is 30.8 Å². The SMILES string of the molecule is CN1CCc2c(O)nc(N(C)C)nc2C1. The first-order valence-electron chi connectivity index (χ1n) is 5.02. The molecule has 2 rings (SSSR count). The van der Waals surface area contributed by atoms with Crippen LogP contribution < -0.4 is 4.90 Å². The predicted octanol–water partition coefficient (Wildman–Crippen LogP) is 0.236. The van der Waals surface area contributed by atoms with Gasteiger partial charge < -0.3 is 14.9 Å². The summed E-state index contributed by atoms with van der Waals surface area (Å²) < 4.78 is 0. The lowest BCUT2D eigenvalue weighted by Crippen LogP contribution is -2.28. The lowest BCUT2D eigenvalue weighted by molar-refractivity contribution is 0.300. The fourth-order valence-corrected chi connectivity index (χ4v) is 1.73. The molecule has 1 aliphatic rings. The van der Waals surface area contributed by atoms with Gasteiger partial charge in [-0.1, -0.05) is 0 Å². The smallest absolute Gasteiger partial charge is 0.228 e. The molecule has 0 aromatic carbocycles. The molecule has 1 aliphatic heterocycles. The summed E-state index contributed by atoms with van der Waals surface area (Å²) in [5, 5.41) is 9.78. The number of likely N-dealkylation sites (N-methyl/N-ethyl adjacent to an activating group) is 1. The second-order valence-corrected chi connectivity index (χ2v) is 4.15. The number of aromatic nitrogens is 2. The van der Waals surface area contributed by atoms with Crippen LogP contribution in [0.25, 0.3) is 0 Å². The minimum Gasteiger partial charge on any atom is -0.493 e. The number of hydrogen-bond acceptors (Lipinski definition) is 5. The van der Waals surface area contributed by atoms with E-state index in [1.54, 1.807) is 4.90 Å². The van der Waals surface area contributed by atoms with Gasteiger partial charge in [0.05, 0.1) is 5.69 Å². The summed E-state index contributed by atoms with van der Waals surface area (Å²) in [5.41, 5.74) is 1.85. The molecule has 1 N–H and O–H groups in total. The van der Waals surface area contributed by atoms with Crippen LogP contribution in [0.15, 0.2) is 0 Å². The van der Waals surface area contributed by atoms with Crippen molar-refractivity contribution in [1.82, 2.24) is 14.9 Å². The maximum absolute atomic E-state index is 9.78. The van der Waals surface area contributed by atoms with Gasteiger partial charge in [0, 0.05) is 32.7 Å². The second-order valence-electron chi connectivity index (χ2n) is 4.15. The zero-order valence-electron chi connectivity index (χ0n) is 9.36. The first-order valence-corrected chi connectivity index (χ1v) is 5.02. The highest BCUT2D eigenvalue weighted by atomic mass is 16.3. The van der Waals surface area contributed by atoms with Gasteiger partial charge >= 0.3 is 0 Å². The van der Waals surface area contributed by atoms with Crippen molar-refractivity contribution < 1.29 is 5.11 Å². The summed E-state index contributed by atoms with van der Waals surface area (Å²) in [4.78, 5) is 12.5. The van der Waals surface area contributed by atoms with Crippen molar-refractivity contribution in [3.05, 3.63) is 11.3 Å². The fraction of sp³-hybridized carbons (Fsp3) is 0.600. The highest BCUT2D eigenvalue weighted by Crippen LogP contribution is 2.25. The van der Waals surface area contributed by atoms with E-state index in [0.29, 0.717) is 5.95 Å². The molecule has 0 saturated carbocycles. The molecule has 0 saturated heterocycles. The van der Waals surface area contributed by atoms with Crippen LogP contribution in [0, 0.1) is 0 Å². The molecule has 0 amide bonds. The van der Waals surface area contributed by atoms with Crippen molar-refractivity contribution in [1.29, 1.82) is 0 Å². The molecular formula is C10H16N4O. The largest absolute Gasteiger partial charge is 0.493 e. The summed E-state index contributed by atoms with van der Waals surface area (Å²) in [6.45, 7) is 1.73. The zero-order chi connectivity index (χ0) is 11.0. The maximum Gasteiger partial charge on any atom is 0.228 e. The molecular weight excluding hydrogens is 192 g/mol. The van der Waals surface area contributed by atoms with E-state index in [-0.39, 0.29) is 5.88 Å². The standard InChI is InChI=1S/C10H16N4O/c1-13(2)10-11-8-6-14(3)5-4-7(8)9(15)12-10/h4-6H2,1-3H3,(H,11,12,15). The van der Waals surface area contributed by atoms with E-state index >= 15 is 0 Å². The van der Waals surface area contributed by atoms with Gasteiger partial charge in [-0.05, 0) is 13.5 Å². The lowest BCUT2D eigenvalue weighted by Gasteiger charge is -2.25. The Bertz CT molecular complexity index is 378. The Kier molecular flexibility index (Phi) is 2.48. The van der Waals surface area contributed by atoms with Crippen LogP contribution in [-0.4, -0.2) is 47.7 Å². The quantitative estimate of drug-likeness (QED) is 0.716. The predicted molar refractivity (Wildman–Crippen MR) is 58.1 cm³/mol. The molecule has 2 heterocycles. The minimum absolute atomic E-state index is 0.136. The summed E-state index contributed by atoms with van der Waals surface area (Å²) in [6, 6.07) is 0. The van der Waals surface area contributed by atoms with Gasteiger partial charge in [-0.3, -0.25) is 0 Å². The van der Waals surface area contributed by atoms with Gasteiger partial charge in [-0.2, -0.15) is 4.98 Å². The first-order chi connectivity index (χ1) is 7.08. The molecule has 1 aromatic heterocycles. The average molecular weight is 208 g/mol. The molecule has 0 atom stereocenters. The van der Waals surface area contributed by atoms with Crippen LogP contribution in [-0.2, 0) is 13.0 Å². The van der Waals surface area contributed by atoms with E-state index in [9.17, 15) is 5.11 Å². The number of anilines is 1. The van der Waals surface area contributed by atoms with Gasteiger partial charge in [0.1, 0.15) is 0 Å². The van der Waals surface area contributed by atoms with Crippen molar-refractivity contribution in [2.24, 2.45) is 0 Å². The zero-order valence-corrected chi connectivity index (χ0v) is 9.36. The van der Waals surface area contributed by atoms with Crippen LogP contribution in [0.1, 0.15) is 11.3 Å². The Hall–Kier alpha value is -1.36. The Morgan fingerprint density at radius 2 is 2.07 bits per heavy atom. The number of hydrogen-bond donors (Lipinski definition) is 1. The average Bonchev–Trinajstić information content (AvgIpc) is 2.16. The van der Waals surface area contributed by atoms with E-state index < -0.39 is 0 Å². The molecule has 0 fully saturated rings. The highest BCUT2D eigenvalue weighted by Gasteiger charge is 2.20. The summed E-state index contributed by atoms with van der Waals surface area (Å²) >= 11 is 0. The molecule has 0 radical (unpaired) electrons. The number of fused-ring (bicyclic) bond motifs is 1. The van der Waals surface area contributed by atoms with E-state index in [4.69, 9.17) is 0 Å². The summed E-state index contributed by atoms with van der Waals surface area (Å²) in [6.07, 6.45) is 0.825. The molecule has 1 aromatic rings. The van der Waals surface area contributed by atoms with Gasteiger partial charge in [0.15, 0.2) is 0 Å². The van der Waals surface area contributed by atoms with Crippen molar-refractivity contribution in [2.45, 2.75) is 13.0 Å². The molecule has 0 spiro atoms. The summed E-state index contributed by atoms with van der Waals surface area (Å²) in [7, 11) is 5.79. The van der Waals surface area contributed by atoms with Crippen LogP contribution in [0.5, 0.6) is 5.88 Å². The van der Waals surface area contributed by atoms with Crippen LogP contribution in [0.4, 0.5) is 5.95 Å². The third-order valence-corrected chi connectivity index (χ3v) is 2.62. The van der Waals surface area contributed by atoms with Crippen LogP contribution in [0.2, 0.25) is 0 Å². The normalized spacial score (nSPS) is 16.2. The van der Waals surface area contributed by atoms with E-state index in [1.807, 2.05) is 14.1 Å². The Morgan fingerprint density at radius 3 is 2.73 bits per heavy atom. The fourth-order valence-electron chi connectivity index (χ4n) is 1.73. The highest BCUT2D eigenvalue weighted by molar-refractivity contribution is 5.39. The molecule has 15 heavy (non-hydrogen) atoms. The molecule has 82 valence electrons. The molecule has 0 aliphatic carbocycles. The van der Waals surface area contributed by atoms with Gasteiger partial charge in [-0.25, -0.2) is 4.98 Å². The number of aromatic hydroxyl groups is 1. The number of nitrogens with zero attached hydrogens (tertiary/aromatic N) is 4. The third-order valence-electron chi connectivity index (χ3n) is 2.62. The minimum atomic E-state index is 0.136. The Labute approximate surface area is 89.4 Å². The summed E-state index contributed by atoms with van der Waals surface area (Å²) in [5.74, 6) is 0.707. The lowest BCUT2D eigenvalue weighted by atomic mass is 10.1. The number of rotatable bonds is 1. The Morgan fingerprint density at radius 1 is 1.33 bits per heavy atom. The monoisotopic (exact) mass is 208 g/mol. The van der Waals surface area contributed by atoms with E-state index in [1.165, 1.54) is 0 Å². The van der Waals surface area contributed by atoms with Crippen molar-refractivity contribution >= 4 is 5.95 Å². The van der Waals surface area contributed by atoms with Crippen LogP contribution in [0.3, 0.4) is 0 Å². The second kappa shape index (κ2) is 3.66. The van der Waals surface area contributed by atoms with Crippen LogP contribution >= 0.6 is 0 Å². The molecule has 5 nitrogen and oxygen atoms in total. The van der Waals surface area contributed by atoms with Gasteiger partial charge in [0.2, 0.25) is 11.8 Å². The third kappa shape index (κ3) is 1.87. The molecule has 5 heteroatoms. The first kappa shape index (κ1) is 10.2.